The molecule has 0 saturated carbocycles. The third-order valence-corrected chi connectivity index (χ3v) is 5.56. The van der Waals surface area contributed by atoms with Gasteiger partial charge in [-0.1, -0.05) is 59.2 Å². The number of nitrogens with one attached hydrogen (secondary N) is 1. The number of nitriles is 1. The Balaban J connectivity index is 1.85. The lowest BCUT2D eigenvalue weighted by Gasteiger charge is -2.17. The van der Waals surface area contributed by atoms with Gasteiger partial charge in [0.1, 0.15) is 5.25 Å². The highest BCUT2D eigenvalue weighted by Gasteiger charge is 2.41. The number of hydrogen-bond donors (Lipinski definition) is 1. The Bertz CT molecular complexity index is 960. The Hall–Kier alpha value is -2.53. The second kappa shape index (κ2) is 8.44. The first-order valence-electron chi connectivity index (χ1n) is 7.77. The maximum absolute atomic E-state index is 12.8. The van der Waals surface area contributed by atoms with Crippen molar-refractivity contribution in [1.29, 1.82) is 5.26 Å². The summed E-state index contributed by atoms with van der Waals surface area (Å²) in [6, 6.07) is 13.7. The number of aliphatic imine (C=N–C) groups is 1. The molecule has 6 nitrogen and oxygen atoms in total. The molecule has 0 aromatic heterocycles. The molecule has 2 aromatic carbocycles. The average Bonchev–Trinajstić information content (AvgIpc) is 2.92. The van der Waals surface area contributed by atoms with E-state index in [4.69, 9.17) is 28.5 Å². The summed E-state index contributed by atoms with van der Waals surface area (Å²) < 4.78 is 0. The Morgan fingerprint density at radius 2 is 1.93 bits per heavy atom. The zero-order valence-corrected chi connectivity index (χ0v) is 16.1. The lowest BCUT2D eigenvalue weighted by atomic mass is 10.3. The summed E-state index contributed by atoms with van der Waals surface area (Å²) in [5.41, 5.74) is 0.867. The van der Waals surface area contributed by atoms with Crippen LogP contribution < -0.4 is 10.2 Å². The van der Waals surface area contributed by atoms with Crippen molar-refractivity contribution < 1.29 is 9.59 Å². The number of benzene rings is 2. The van der Waals surface area contributed by atoms with Crippen LogP contribution >= 0.6 is 35.0 Å². The molecule has 2 aromatic rings. The van der Waals surface area contributed by atoms with Gasteiger partial charge in [-0.25, -0.2) is 9.89 Å². The number of carbonyl (C=O) groups excluding carboxylic acids is 2. The Kier molecular flexibility index (Phi) is 6.01. The fourth-order valence-electron chi connectivity index (χ4n) is 2.50. The van der Waals surface area contributed by atoms with Gasteiger partial charge in [0, 0.05) is 6.42 Å². The number of nitrogens with zero attached hydrogens (tertiary/aromatic N) is 3. The first-order chi connectivity index (χ1) is 13.0. The van der Waals surface area contributed by atoms with E-state index in [1.807, 2.05) is 6.07 Å². The molecule has 1 aliphatic heterocycles. The van der Waals surface area contributed by atoms with Crippen molar-refractivity contribution in [3.8, 4) is 6.19 Å². The first-order valence-corrected chi connectivity index (χ1v) is 9.41. The van der Waals surface area contributed by atoms with Gasteiger partial charge in [-0.2, -0.15) is 5.26 Å². The summed E-state index contributed by atoms with van der Waals surface area (Å²) in [4.78, 5) is 30.6. The molecule has 136 valence electrons. The maximum atomic E-state index is 12.8. The Morgan fingerprint density at radius 3 is 2.63 bits per heavy atom. The van der Waals surface area contributed by atoms with Gasteiger partial charge in [0.25, 0.3) is 0 Å². The second-order valence-corrected chi connectivity index (χ2v) is 7.42. The lowest BCUT2D eigenvalue weighted by molar-refractivity contribution is -0.121. The molecule has 0 bridgehead atoms. The molecule has 0 aliphatic carbocycles. The van der Waals surface area contributed by atoms with Gasteiger partial charge in [0.05, 0.1) is 21.4 Å². The van der Waals surface area contributed by atoms with E-state index in [0.717, 1.165) is 16.7 Å². The van der Waals surface area contributed by atoms with Crippen molar-refractivity contribution in [1.82, 2.24) is 5.32 Å². The van der Waals surface area contributed by atoms with Gasteiger partial charge in [-0.3, -0.25) is 14.9 Å². The molecule has 1 aliphatic rings. The van der Waals surface area contributed by atoms with Crippen LogP contribution in [0.5, 0.6) is 0 Å². The number of para-hydroxylation sites is 1. The summed E-state index contributed by atoms with van der Waals surface area (Å²) >= 11 is 13.2. The average molecular weight is 419 g/mol. The van der Waals surface area contributed by atoms with E-state index in [1.54, 1.807) is 48.7 Å². The number of carbonyl (C=O) groups is 2. The molecule has 9 heteroatoms. The molecule has 0 radical (unpaired) electrons. The van der Waals surface area contributed by atoms with Gasteiger partial charge in [0.15, 0.2) is 11.4 Å². The van der Waals surface area contributed by atoms with Crippen LogP contribution in [-0.4, -0.2) is 22.2 Å². The fraction of sp³-hybridized carbons (Fsp3) is 0.111. The van der Waals surface area contributed by atoms with Crippen molar-refractivity contribution in [2.75, 3.05) is 4.90 Å². The number of thioether (sulfide) groups is 1. The molecular formula is C18H12Cl2N4O2S. The van der Waals surface area contributed by atoms with Crippen molar-refractivity contribution in [3.63, 3.8) is 0 Å². The maximum Gasteiger partial charge on any atom is 0.247 e. The number of amides is 2. The third kappa shape index (κ3) is 4.25. The van der Waals surface area contributed by atoms with Crippen molar-refractivity contribution in [2.45, 2.75) is 11.7 Å². The molecule has 0 spiro atoms. The van der Waals surface area contributed by atoms with E-state index in [2.05, 4.69) is 10.3 Å². The van der Waals surface area contributed by atoms with E-state index < -0.39 is 17.1 Å². The number of anilines is 1. The summed E-state index contributed by atoms with van der Waals surface area (Å²) in [5, 5.41) is 11.3. The van der Waals surface area contributed by atoms with Crippen LogP contribution in [0.25, 0.3) is 0 Å². The van der Waals surface area contributed by atoms with E-state index in [9.17, 15) is 9.59 Å². The zero-order valence-electron chi connectivity index (χ0n) is 13.7. The van der Waals surface area contributed by atoms with Gasteiger partial charge in [-0.15, -0.1) is 0 Å². The minimum absolute atomic E-state index is 0.0345. The highest BCUT2D eigenvalue weighted by molar-refractivity contribution is 8.15. The molecule has 1 heterocycles. The molecule has 3 rings (SSSR count). The van der Waals surface area contributed by atoms with Gasteiger partial charge in [-0.05, 0) is 24.3 Å². The van der Waals surface area contributed by atoms with Crippen LogP contribution in [0.15, 0.2) is 53.5 Å². The van der Waals surface area contributed by atoms with Crippen LogP contribution in [-0.2, 0) is 9.59 Å². The molecule has 1 fully saturated rings. The van der Waals surface area contributed by atoms with Crippen molar-refractivity contribution in [2.24, 2.45) is 4.99 Å². The monoisotopic (exact) mass is 418 g/mol. The highest BCUT2D eigenvalue weighted by Crippen LogP contribution is 2.37. The number of hydrogen-bond acceptors (Lipinski definition) is 5. The SMILES string of the molecule is N#CNC(=Nc1ccccc1)S[C@@H]1CC(=O)N(c2cccc(Cl)c2Cl)C1=O. The smallest absolute Gasteiger partial charge is 0.247 e. The van der Waals surface area contributed by atoms with Crippen LogP contribution in [0.2, 0.25) is 10.0 Å². The topological polar surface area (TPSA) is 85.6 Å². The van der Waals surface area contributed by atoms with Gasteiger partial charge >= 0.3 is 0 Å². The third-order valence-electron chi connectivity index (χ3n) is 3.68. The predicted octanol–water partition coefficient (Wildman–Crippen LogP) is 4.12. The summed E-state index contributed by atoms with van der Waals surface area (Å²) in [5.74, 6) is -0.827. The normalized spacial score (nSPS) is 17.1. The highest BCUT2D eigenvalue weighted by atomic mass is 35.5. The molecule has 1 saturated heterocycles. The largest absolute Gasteiger partial charge is 0.274 e. The molecule has 1 N–H and O–H groups in total. The quantitative estimate of drug-likeness (QED) is 0.266. The Morgan fingerprint density at radius 1 is 1.19 bits per heavy atom. The van der Waals surface area contributed by atoms with Crippen LogP contribution in [0.3, 0.4) is 0 Å². The summed E-state index contributed by atoms with van der Waals surface area (Å²) in [6.45, 7) is 0. The number of imide groups is 1. The van der Waals surface area contributed by atoms with E-state index >= 15 is 0 Å². The Labute approximate surface area is 169 Å². The fourth-order valence-corrected chi connectivity index (χ4v) is 3.84. The van der Waals surface area contributed by atoms with Gasteiger partial charge in [0.2, 0.25) is 11.8 Å². The van der Waals surface area contributed by atoms with E-state index in [-0.39, 0.29) is 27.3 Å². The number of amidine groups is 1. The summed E-state index contributed by atoms with van der Waals surface area (Å²) in [7, 11) is 0. The molecule has 0 unspecified atom stereocenters. The lowest BCUT2D eigenvalue weighted by Crippen LogP contribution is -2.32. The molecule has 2 amide bonds. The predicted molar refractivity (Wildman–Crippen MR) is 107 cm³/mol. The minimum Gasteiger partial charge on any atom is -0.274 e. The van der Waals surface area contributed by atoms with Crippen LogP contribution in [0.4, 0.5) is 11.4 Å². The number of rotatable bonds is 3. The minimum atomic E-state index is -0.726. The van der Waals surface area contributed by atoms with E-state index in [0.29, 0.717) is 5.69 Å². The second-order valence-electron chi connectivity index (χ2n) is 5.44. The van der Waals surface area contributed by atoms with Crippen molar-refractivity contribution in [3.05, 3.63) is 58.6 Å². The van der Waals surface area contributed by atoms with Crippen LogP contribution in [0.1, 0.15) is 6.42 Å². The first kappa shape index (κ1) is 19.2. The van der Waals surface area contributed by atoms with Crippen LogP contribution in [0, 0.1) is 11.5 Å². The zero-order chi connectivity index (χ0) is 19.4. The standard InChI is InChI=1S/C18H12Cl2N4O2S/c19-12-7-4-8-13(16(12)20)24-15(25)9-14(17(24)26)27-18(22-10-21)23-11-5-2-1-3-6-11/h1-8,14H,9H2,(H,22,23)/t14-/m1/s1. The van der Waals surface area contributed by atoms with Gasteiger partial charge < -0.3 is 0 Å². The molecule has 1 atom stereocenters. The molecule has 27 heavy (non-hydrogen) atoms. The summed E-state index contributed by atoms with van der Waals surface area (Å²) in [6.07, 6.45) is 1.76. The molecular weight excluding hydrogens is 407 g/mol. The van der Waals surface area contributed by atoms with Crippen molar-refractivity contribution >= 4 is 63.3 Å². The number of halogens is 2. The van der Waals surface area contributed by atoms with E-state index in [1.165, 1.54) is 0 Å².